The molecule has 0 N–H and O–H groups in total. The van der Waals surface area contributed by atoms with Gasteiger partial charge in [-0.1, -0.05) is 0 Å². The number of benzene rings is 1. The third kappa shape index (κ3) is 1.90. The van der Waals surface area contributed by atoms with Crippen molar-refractivity contribution in [2.75, 3.05) is 0 Å². The second kappa shape index (κ2) is 3.75. The van der Waals surface area contributed by atoms with Crippen LogP contribution >= 0.6 is 11.6 Å². The lowest BCUT2D eigenvalue weighted by Gasteiger charge is -2.02. The lowest BCUT2D eigenvalue weighted by molar-refractivity contribution is -0.385. The third-order valence-corrected chi connectivity index (χ3v) is 2.04. The molecule has 0 fully saturated rings. The second-order valence-electron chi connectivity index (χ2n) is 3.01. The van der Waals surface area contributed by atoms with E-state index in [1.807, 2.05) is 0 Å². The normalized spacial score (nSPS) is 9.93. The Balaban J connectivity index is 3.52. The van der Waals surface area contributed by atoms with Gasteiger partial charge in [0.2, 0.25) is 0 Å². The Hall–Kier alpha value is -1.42. The van der Waals surface area contributed by atoms with E-state index in [4.69, 9.17) is 11.6 Å². The van der Waals surface area contributed by atoms with E-state index in [1.165, 1.54) is 6.07 Å². The van der Waals surface area contributed by atoms with Gasteiger partial charge in [-0.15, -0.1) is 0 Å². The van der Waals surface area contributed by atoms with Gasteiger partial charge in [0.15, 0.2) is 0 Å². The molecule has 0 atom stereocenters. The number of hydrogen-bond donors (Lipinski definition) is 0. The van der Waals surface area contributed by atoms with Gasteiger partial charge in [0, 0.05) is 5.56 Å². The molecule has 4 nitrogen and oxygen atoms in total. The van der Waals surface area contributed by atoms with Crippen LogP contribution in [0.4, 0.5) is 5.69 Å². The topological polar surface area (TPSA) is 60.2 Å². The van der Waals surface area contributed by atoms with Crippen molar-refractivity contribution < 1.29 is 9.72 Å². The highest BCUT2D eigenvalue weighted by Crippen LogP contribution is 2.26. The fourth-order valence-corrected chi connectivity index (χ4v) is 1.50. The summed E-state index contributed by atoms with van der Waals surface area (Å²) in [6, 6.07) is 3.06. The van der Waals surface area contributed by atoms with E-state index in [0.717, 1.165) is 5.56 Å². The number of carbonyl (C=O) groups is 1. The maximum absolute atomic E-state index is 10.9. The van der Waals surface area contributed by atoms with Gasteiger partial charge < -0.3 is 0 Å². The fraction of sp³-hybridized carbons (Fsp3) is 0.222. The summed E-state index contributed by atoms with van der Waals surface area (Å²) in [7, 11) is 0. The van der Waals surface area contributed by atoms with Crippen molar-refractivity contribution in [1.82, 2.24) is 0 Å². The van der Waals surface area contributed by atoms with E-state index in [1.54, 1.807) is 19.9 Å². The van der Waals surface area contributed by atoms with Crippen LogP contribution in [-0.4, -0.2) is 10.2 Å². The van der Waals surface area contributed by atoms with Gasteiger partial charge in [0.25, 0.3) is 10.9 Å². The van der Waals surface area contributed by atoms with Crippen LogP contribution in [-0.2, 0) is 0 Å². The average Bonchev–Trinajstić information content (AvgIpc) is 2.01. The smallest absolute Gasteiger partial charge is 0.275 e. The minimum Gasteiger partial charge on any atom is -0.275 e. The quantitative estimate of drug-likeness (QED) is 0.431. The molecule has 0 amide bonds. The van der Waals surface area contributed by atoms with E-state index in [9.17, 15) is 14.9 Å². The zero-order valence-electron chi connectivity index (χ0n) is 7.70. The largest absolute Gasteiger partial charge is 0.284 e. The zero-order chi connectivity index (χ0) is 10.9. The first-order chi connectivity index (χ1) is 6.43. The summed E-state index contributed by atoms with van der Waals surface area (Å²) in [4.78, 5) is 21.0. The van der Waals surface area contributed by atoms with Crippen molar-refractivity contribution in [3.8, 4) is 0 Å². The molecular formula is C9H8ClNO3. The van der Waals surface area contributed by atoms with Crippen molar-refractivity contribution in [3.63, 3.8) is 0 Å². The van der Waals surface area contributed by atoms with Gasteiger partial charge in [-0.05, 0) is 43.1 Å². The standard InChI is InChI=1S/C9H8ClNO3/c1-5-3-6(2)8(11(13)14)7(4-5)9(10)12/h3-4H,1-2H3. The zero-order valence-corrected chi connectivity index (χ0v) is 8.46. The summed E-state index contributed by atoms with van der Waals surface area (Å²) in [5, 5.41) is 9.85. The molecule has 1 rings (SSSR count). The van der Waals surface area contributed by atoms with E-state index >= 15 is 0 Å². The molecule has 1 aromatic rings. The molecule has 0 bridgehead atoms. The highest BCUT2D eigenvalue weighted by molar-refractivity contribution is 6.68. The Morgan fingerprint density at radius 3 is 2.43 bits per heavy atom. The van der Waals surface area contributed by atoms with E-state index < -0.39 is 10.2 Å². The van der Waals surface area contributed by atoms with Crippen LogP contribution in [0.25, 0.3) is 0 Å². The van der Waals surface area contributed by atoms with Crippen molar-refractivity contribution >= 4 is 22.5 Å². The molecule has 0 aliphatic rings. The molecule has 0 heterocycles. The Labute approximate surface area is 85.6 Å². The summed E-state index contributed by atoms with van der Waals surface area (Å²) in [6.45, 7) is 3.33. The van der Waals surface area contributed by atoms with Crippen LogP contribution in [0.1, 0.15) is 21.5 Å². The number of nitro groups is 1. The van der Waals surface area contributed by atoms with Gasteiger partial charge in [0.1, 0.15) is 5.56 Å². The number of carbonyl (C=O) groups excluding carboxylic acids is 1. The molecular weight excluding hydrogens is 206 g/mol. The van der Waals surface area contributed by atoms with Gasteiger partial charge in [-0.2, -0.15) is 0 Å². The summed E-state index contributed by atoms with van der Waals surface area (Å²) in [5.74, 6) is 0. The summed E-state index contributed by atoms with van der Waals surface area (Å²) in [6.07, 6.45) is 0. The van der Waals surface area contributed by atoms with Crippen LogP contribution in [0.3, 0.4) is 0 Å². The molecule has 0 saturated heterocycles. The molecule has 1 aromatic carbocycles. The van der Waals surface area contributed by atoms with Gasteiger partial charge in [-0.3, -0.25) is 14.9 Å². The summed E-state index contributed by atoms with van der Waals surface area (Å²) >= 11 is 5.25. The van der Waals surface area contributed by atoms with Crippen molar-refractivity contribution in [2.45, 2.75) is 13.8 Å². The van der Waals surface area contributed by atoms with E-state index in [2.05, 4.69) is 0 Å². The number of nitro benzene ring substituents is 1. The molecule has 0 unspecified atom stereocenters. The SMILES string of the molecule is Cc1cc(C)c([N+](=O)[O-])c(C(=O)Cl)c1. The number of aryl methyl sites for hydroxylation is 2. The Kier molecular flexibility index (Phi) is 2.86. The lowest BCUT2D eigenvalue weighted by atomic mass is 10.1. The van der Waals surface area contributed by atoms with E-state index in [-0.39, 0.29) is 11.3 Å². The first-order valence-electron chi connectivity index (χ1n) is 3.89. The minimum absolute atomic E-state index is 0.0471. The van der Waals surface area contributed by atoms with Crippen LogP contribution in [0, 0.1) is 24.0 Å². The molecule has 0 aliphatic carbocycles. The maximum atomic E-state index is 10.9. The summed E-state index contributed by atoms with van der Waals surface area (Å²) < 4.78 is 0. The van der Waals surface area contributed by atoms with Crippen LogP contribution < -0.4 is 0 Å². The van der Waals surface area contributed by atoms with E-state index in [0.29, 0.717) is 5.56 Å². The highest BCUT2D eigenvalue weighted by Gasteiger charge is 2.21. The molecule has 0 aromatic heterocycles. The molecule has 5 heteroatoms. The maximum Gasteiger partial charge on any atom is 0.284 e. The summed E-state index contributed by atoms with van der Waals surface area (Å²) in [5.41, 5.74) is 0.959. The second-order valence-corrected chi connectivity index (χ2v) is 3.35. The monoisotopic (exact) mass is 213 g/mol. The number of halogens is 1. The van der Waals surface area contributed by atoms with Crippen molar-refractivity contribution in [2.24, 2.45) is 0 Å². The Morgan fingerprint density at radius 2 is 2.00 bits per heavy atom. The van der Waals surface area contributed by atoms with Crippen LogP contribution in [0.2, 0.25) is 0 Å². The van der Waals surface area contributed by atoms with Gasteiger partial charge >= 0.3 is 0 Å². The third-order valence-electron chi connectivity index (χ3n) is 1.84. The average molecular weight is 214 g/mol. The van der Waals surface area contributed by atoms with Crippen molar-refractivity contribution in [3.05, 3.63) is 38.9 Å². The number of hydrogen-bond acceptors (Lipinski definition) is 3. The molecule has 74 valence electrons. The molecule has 14 heavy (non-hydrogen) atoms. The Bertz CT molecular complexity index is 415. The molecule has 0 radical (unpaired) electrons. The first-order valence-corrected chi connectivity index (χ1v) is 4.26. The predicted octanol–water partition coefficient (Wildman–Crippen LogP) is 2.59. The first kappa shape index (κ1) is 10.7. The van der Waals surface area contributed by atoms with Crippen LogP contribution in [0.5, 0.6) is 0 Å². The van der Waals surface area contributed by atoms with Gasteiger partial charge in [0.05, 0.1) is 4.92 Å². The molecule has 0 saturated carbocycles. The highest BCUT2D eigenvalue weighted by atomic mass is 35.5. The Morgan fingerprint density at radius 1 is 1.43 bits per heavy atom. The van der Waals surface area contributed by atoms with Crippen LogP contribution in [0.15, 0.2) is 12.1 Å². The minimum atomic E-state index is -0.802. The number of rotatable bonds is 2. The molecule has 0 spiro atoms. The fourth-order valence-electron chi connectivity index (χ4n) is 1.35. The molecule has 0 aliphatic heterocycles. The number of nitrogens with zero attached hydrogens (tertiary/aromatic N) is 1. The van der Waals surface area contributed by atoms with Crippen molar-refractivity contribution in [1.29, 1.82) is 0 Å². The predicted molar refractivity (Wildman–Crippen MR) is 52.8 cm³/mol. The van der Waals surface area contributed by atoms with Gasteiger partial charge in [-0.25, -0.2) is 0 Å². The lowest BCUT2D eigenvalue weighted by Crippen LogP contribution is -2.01.